The van der Waals surface area contributed by atoms with Crippen LogP contribution in [0.25, 0.3) is 0 Å². The van der Waals surface area contributed by atoms with Crippen LogP contribution in [-0.2, 0) is 15.1 Å². The van der Waals surface area contributed by atoms with Crippen molar-refractivity contribution < 1.29 is 9.31 Å². The Kier molecular flexibility index (Phi) is 6.00. The summed E-state index contributed by atoms with van der Waals surface area (Å²) in [6.07, 6.45) is 2.58. The van der Waals surface area contributed by atoms with Gasteiger partial charge in [-0.25, -0.2) is 0 Å². The van der Waals surface area contributed by atoms with Gasteiger partial charge in [-0.15, -0.1) is 0 Å². The van der Waals surface area contributed by atoms with Gasteiger partial charge in [0, 0.05) is 24.4 Å². The van der Waals surface area contributed by atoms with Gasteiger partial charge in [0.15, 0.2) is 0 Å². The van der Waals surface area contributed by atoms with Crippen LogP contribution in [0.15, 0.2) is 24.3 Å². The van der Waals surface area contributed by atoms with Crippen molar-refractivity contribution in [1.82, 2.24) is 0 Å². The van der Waals surface area contributed by atoms with E-state index in [9.17, 15) is 0 Å². The molecule has 110 valence electrons. The van der Waals surface area contributed by atoms with Crippen LogP contribution in [0.5, 0.6) is 0 Å². The lowest BCUT2D eigenvalue weighted by Gasteiger charge is -2.33. The standard InChI is InChI=1S/C16H25BO2S/c1-4-5-10-20-11-14-6-8-15(9-7-14)17-18-12-16(2,3)13-19-17/h6-9H,4-5,10-13H2,1-3H3. The fourth-order valence-electron chi connectivity index (χ4n) is 2.09. The summed E-state index contributed by atoms with van der Waals surface area (Å²) in [5.74, 6) is 2.35. The van der Waals surface area contributed by atoms with Gasteiger partial charge in [-0.2, -0.15) is 11.8 Å². The van der Waals surface area contributed by atoms with Crippen molar-refractivity contribution in [2.24, 2.45) is 5.41 Å². The molecule has 0 bridgehead atoms. The third kappa shape index (κ3) is 4.83. The Labute approximate surface area is 127 Å². The number of benzene rings is 1. The van der Waals surface area contributed by atoms with Crippen molar-refractivity contribution in [3.05, 3.63) is 29.8 Å². The van der Waals surface area contributed by atoms with E-state index in [2.05, 4.69) is 45.0 Å². The zero-order valence-electron chi connectivity index (χ0n) is 12.9. The maximum Gasteiger partial charge on any atom is 0.493 e. The highest BCUT2D eigenvalue weighted by atomic mass is 32.2. The number of hydrogen-bond donors (Lipinski definition) is 0. The highest BCUT2D eigenvalue weighted by Gasteiger charge is 2.33. The molecule has 0 amide bonds. The molecule has 4 heteroatoms. The van der Waals surface area contributed by atoms with Gasteiger partial charge < -0.3 is 9.31 Å². The zero-order chi connectivity index (χ0) is 14.4. The van der Waals surface area contributed by atoms with Gasteiger partial charge in [-0.1, -0.05) is 51.5 Å². The molecule has 20 heavy (non-hydrogen) atoms. The highest BCUT2D eigenvalue weighted by Crippen LogP contribution is 2.21. The van der Waals surface area contributed by atoms with Crippen LogP contribution >= 0.6 is 11.8 Å². The van der Waals surface area contributed by atoms with E-state index in [-0.39, 0.29) is 12.5 Å². The Hall–Kier alpha value is -0.445. The lowest BCUT2D eigenvalue weighted by Crippen LogP contribution is -2.47. The molecule has 2 nitrogen and oxygen atoms in total. The molecule has 1 aromatic rings. The van der Waals surface area contributed by atoms with Gasteiger partial charge >= 0.3 is 7.12 Å². The van der Waals surface area contributed by atoms with Crippen molar-refractivity contribution in [1.29, 1.82) is 0 Å². The summed E-state index contributed by atoms with van der Waals surface area (Å²) in [5.41, 5.74) is 2.64. The molecular formula is C16H25BO2S. The van der Waals surface area contributed by atoms with Crippen LogP contribution < -0.4 is 5.46 Å². The second-order valence-electron chi connectivity index (χ2n) is 6.27. The van der Waals surface area contributed by atoms with Gasteiger partial charge in [0.25, 0.3) is 0 Å². The maximum atomic E-state index is 5.80. The first-order chi connectivity index (χ1) is 9.61. The summed E-state index contributed by atoms with van der Waals surface area (Å²) in [7, 11) is -0.190. The maximum absolute atomic E-state index is 5.80. The third-order valence-corrected chi connectivity index (χ3v) is 4.53. The summed E-state index contributed by atoms with van der Waals surface area (Å²) >= 11 is 2.01. The van der Waals surface area contributed by atoms with E-state index in [4.69, 9.17) is 9.31 Å². The largest absolute Gasteiger partial charge is 0.493 e. The van der Waals surface area contributed by atoms with Crippen LogP contribution in [0.1, 0.15) is 39.2 Å². The molecule has 0 spiro atoms. The van der Waals surface area contributed by atoms with Crippen LogP contribution in [0, 0.1) is 5.41 Å². The Morgan fingerprint density at radius 3 is 2.40 bits per heavy atom. The fraction of sp³-hybridized carbons (Fsp3) is 0.625. The normalized spacial score (nSPS) is 18.2. The molecular weight excluding hydrogens is 267 g/mol. The van der Waals surface area contributed by atoms with Crippen molar-refractivity contribution in [2.45, 2.75) is 39.4 Å². The molecule has 1 aliphatic heterocycles. The van der Waals surface area contributed by atoms with E-state index in [1.54, 1.807) is 0 Å². The molecule has 0 unspecified atom stereocenters. The quantitative estimate of drug-likeness (QED) is 0.590. The van der Waals surface area contributed by atoms with E-state index < -0.39 is 0 Å². The van der Waals surface area contributed by atoms with Crippen molar-refractivity contribution in [3.8, 4) is 0 Å². The second-order valence-corrected chi connectivity index (χ2v) is 7.37. The second kappa shape index (κ2) is 7.53. The molecule has 0 radical (unpaired) electrons. The molecule has 1 saturated heterocycles. The van der Waals surface area contributed by atoms with Crippen LogP contribution in [0.3, 0.4) is 0 Å². The first-order valence-electron chi connectivity index (χ1n) is 7.50. The van der Waals surface area contributed by atoms with Gasteiger partial charge in [-0.3, -0.25) is 0 Å². The summed E-state index contributed by atoms with van der Waals surface area (Å²) in [6.45, 7) is 8.08. The molecule has 1 aliphatic rings. The Morgan fingerprint density at radius 2 is 1.80 bits per heavy atom. The van der Waals surface area contributed by atoms with Crippen molar-refractivity contribution in [3.63, 3.8) is 0 Å². The molecule has 1 aromatic carbocycles. The SMILES string of the molecule is CCCCSCc1ccc(B2OCC(C)(C)CO2)cc1. The molecule has 0 aromatic heterocycles. The predicted molar refractivity (Wildman–Crippen MR) is 88.6 cm³/mol. The average Bonchev–Trinajstić information content (AvgIpc) is 2.45. The van der Waals surface area contributed by atoms with Gasteiger partial charge in [-0.05, 0) is 23.2 Å². The molecule has 1 fully saturated rings. The smallest absolute Gasteiger partial charge is 0.407 e. The molecule has 1 heterocycles. The van der Waals surface area contributed by atoms with E-state index >= 15 is 0 Å². The summed E-state index contributed by atoms with van der Waals surface area (Å²) in [6, 6.07) is 8.67. The number of hydrogen-bond acceptors (Lipinski definition) is 3. The number of thioether (sulfide) groups is 1. The highest BCUT2D eigenvalue weighted by molar-refractivity contribution is 7.98. The molecule has 0 aliphatic carbocycles. The molecule has 2 rings (SSSR count). The predicted octanol–water partition coefficient (Wildman–Crippen LogP) is 3.49. The average molecular weight is 292 g/mol. The third-order valence-electron chi connectivity index (χ3n) is 3.41. The van der Waals surface area contributed by atoms with Crippen LogP contribution in [-0.4, -0.2) is 26.1 Å². The minimum absolute atomic E-state index is 0.131. The zero-order valence-corrected chi connectivity index (χ0v) is 13.7. The van der Waals surface area contributed by atoms with Gasteiger partial charge in [0.2, 0.25) is 0 Å². The summed E-state index contributed by atoms with van der Waals surface area (Å²) in [4.78, 5) is 0. The van der Waals surface area contributed by atoms with Crippen molar-refractivity contribution in [2.75, 3.05) is 19.0 Å². The van der Waals surface area contributed by atoms with Gasteiger partial charge in [0.05, 0.1) is 0 Å². The van der Waals surface area contributed by atoms with E-state index in [0.29, 0.717) is 0 Å². The minimum atomic E-state index is -0.190. The van der Waals surface area contributed by atoms with E-state index in [1.165, 1.54) is 24.2 Å². The molecule has 0 N–H and O–H groups in total. The Balaban J connectivity index is 1.82. The molecule has 0 atom stereocenters. The topological polar surface area (TPSA) is 18.5 Å². The van der Waals surface area contributed by atoms with E-state index in [1.807, 2.05) is 11.8 Å². The summed E-state index contributed by atoms with van der Waals surface area (Å²) in [5, 5.41) is 0. The number of unbranched alkanes of at least 4 members (excludes halogenated alkanes) is 1. The molecule has 0 saturated carbocycles. The fourth-order valence-corrected chi connectivity index (χ4v) is 3.16. The lowest BCUT2D eigenvalue weighted by molar-refractivity contribution is 0.0343. The van der Waals surface area contributed by atoms with E-state index in [0.717, 1.165) is 24.4 Å². The van der Waals surface area contributed by atoms with Crippen LogP contribution in [0.2, 0.25) is 0 Å². The Morgan fingerprint density at radius 1 is 1.15 bits per heavy atom. The Bertz CT molecular complexity index is 395. The summed E-state index contributed by atoms with van der Waals surface area (Å²) < 4.78 is 11.6. The number of rotatable bonds is 6. The van der Waals surface area contributed by atoms with Gasteiger partial charge in [0.1, 0.15) is 0 Å². The minimum Gasteiger partial charge on any atom is -0.407 e. The van der Waals surface area contributed by atoms with Crippen molar-refractivity contribution >= 4 is 24.3 Å². The first-order valence-corrected chi connectivity index (χ1v) is 8.66. The monoisotopic (exact) mass is 292 g/mol. The van der Waals surface area contributed by atoms with Crippen LogP contribution in [0.4, 0.5) is 0 Å². The lowest BCUT2D eigenvalue weighted by atomic mass is 9.76. The first kappa shape index (κ1) is 15.9.